The van der Waals surface area contributed by atoms with E-state index in [1.807, 2.05) is 0 Å². The van der Waals surface area contributed by atoms with Crippen molar-refractivity contribution in [2.24, 2.45) is 5.92 Å². The van der Waals surface area contributed by atoms with Gasteiger partial charge in [-0.2, -0.15) is 8.61 Å². The number of hydrogen-bond donors (Lipinski definition) is 0. The largest absolute Gasteiger partial charge is 0.340 e. The van der Waals surface area contributed by atoms with Gasteiger partial charge in [-0.1, -0.05) is 24.3 Å². The average molecular weight is 484 g/mol. The Hall–Kier alpha value is -1.79. The summed E-state index contributed by atoms with van der Waals surface area (Å²) >= 11 is 1.17. The van der Waals surface area contributed by atoms with Crippen molar-refractivity contribution in [3.8, 4) is 0 Å². The molecule has 1 atom stereocenters. The normalized spacial score (nSPS) is 21.8. The first kappa shape index (κ1) is 22.4. The van der Waals surface area contributed by atoms with E-state index in [0.29, 0.717) is 36.7 Å². The Morgan fingerprint density at radius 2 is 1.55 bits per heavy atom. The van der Waals surface area contributed by atoms with Crippen LogP contribution in [0.5, 0.6) is 0 Å². The lowest BCUT2D eigenvalue weighted by atomic mass is 9.98. The fraction of sp³-hybridized carbons (Fsp3) is 0.450. The Kier molecular flexibility index (Phi) is 6.50. The third-order valence-electron chi connectivity index (χ3n) is 5.75. The van der Waals surface area contributed by atoms with E-state index < -0.39 is 26.0 Å². The maximum atomic E-state index is 13.1. The third kappa shape index (κ3) is 4.56. The summed E-state index contributed by atoms with van der Waals surface area (Å²) in [7, 11) is -7.16. The summed E-state index contributed by atoms with van der Waals surface area (Å²) in [6.45, 7) is 1.65. The molecule has 1 amide bonds. The van der Waals surface area contributed by atoms with Gasteiger partial charge in [-0.3, -0.25) is 4.79 Å². The molecule has 11 heteroatoms. The molecule has 2 aliphatic heterocycles. The molecule has 2 aromatic rings. The number of piperazine rings is 1. The first-order valence-corrected chi connectivity index (χ1v) is 13.9. The number of rotatable bonds is 5. The average Bonchev–Trinajstić information content (AvgIpc) is 3.35. The Bertz CT molecular complexity index is 1110. The molecule has 0 bridgehead atoms. The molecule has 1 aromatic heterocycles. The zero-order valence-corrected chi connectivity index (χ0v) is 19.4. The lowest BCUT2D eigenvalue weighted by Crippen LogP contribution is -2.54. The molecule has 31 heavy (non-hydrogen) atoms. The number of amides is 1. The quantitative estimate of drug-likeness (QED) is 0.645. The van der Waals surface area contributed by atoms with Gasteiger partial charge in [-0.15, -0.1) is 11.3 Å². The lowest BCUT2D eigenvalue weighted by molar-refractivity contribution is -0.137. The van der Waals surface area contributed by atoms with Crippen LogP contribution in [-0.2, 0) is 24.8 Å². The number of sulfonamides is 2. The summed E-state index contributed by atoms with van der Waals surface area (Å²) in [4.78, 5) is 15.0. The fourth-order valence-electron chi connectivity index (χ4n) is 4.05. The number of carbonyl (C=O) groups excluding carboxylic acids is 1. The number of carbonyl (C=O) groups is 1. The third-order valence-corrected chi connectivity index (χ3v) is 10.9. The van der Waals surface area contributed by atoms with Gasteiger partial charge in [0.25, 0.3) is 10.0 Å². The highest BCUT2D eigenvalue weighted by Gasteiger charge is 2.37. The predicted octanol–water partition coefficient (Wildman–Crippen LogP) is 1.68. The Morgan fingerprint density at radius 1 is 0.839 bits per heavy atom. The van der Waals surface area contributed by atoms with E-state index in [2.05, 4.69) is 0 Å². The van der Waals surface area contributed by atoms with Crippen LogP contribution in [-0.4, -0.2) is 75.5 Å². The van der Waals surface area contributed by atoms with Crippen LogP contribution in [0.25, 0.3) is 0 Å². The first-order valence-electron chi connectivity index (χ1n) is 10.2. The molecule has 0 N–H and O–H groups in total. The van der Waals surface area contributed by atoms with Crippen molar-refractivity contribution in [1.29, 1.82) is 0 Å². The summed E-state index contributed by atoms with van der Waals surface area (Å²) in [6, 6.07) is 11.6. The van der Waals surface area contributed by atoms with Gasteiger partial charge in [0.15, 0.2) is 0 Å². The van der Waals surface area contributed by atoms with E-state index in [-0.39, 0.29) is 30.4 Å². The van der Waals surface area contributed by atoms with Crippen LogP contribution in [0.1, 0.15) is 12.8 Å². The zero-order chi connectivity index (χ0) is 22.1. The molecule has 168 valence electrons. The van der Waals surface area contributed by atoms with E-state index in [0.717, 1.165) is 0 Å². The summed E-state index contributed by atoms with van der Waals surface area (Å²) < 4.78 is 54.3. The van der Waals surface area contributed by atoms with Crippen molar-refractivity contribution in [3.05, 3.63) is 47.8 Å². The van der Waals surface area contributed by atoms with Crippen LogP contribution in [0.2, 0.25) is 0 Å². The van der Waals surface area contributed by atoms with Crippen LogP contribution >= 0.6 is 11.3 Å². The van der Waals surface area contributed by atoms with Crippen molar-refractivity contribution in [2.75, 3.05) is 39.3 Å². The van der Waals surface area contributed by atoms with Gasteiger partial charge in [0.2, 0.25) is 15.9 Å². The van der Waals surface area contributed by atoms with E-state index in [4.69, 9.17) is 0 Å². The smallest absolute Gasteiger partial charge is 0.252 e. The van der Waals surface area contributed by atoms with Crippen molar-refractivity contribution in [2.45, 2.75) is 21.9 Å². The molecule has 1 aromatic carbocycles. The molecule has 0 aliphatic carbocycles. The second-order valence-corrected chi connectivity index (χ2v) is 12.7. The van der Waals surface area contributed by atoms with E-state index in [1.165, 1.54) is 19.9 Å². The molecule has 0 saturated carbocycles. The minimum atomic E-state index is -3.58. The van der Waals surface area contributed by atoms with Gasteiger partial charge in [0.1, 0.15) is 4.21 Å². The van der Waals surface area contributed by atoms with Crippen molar-refractivity contribution < 1.29 is 21.6 Å². The van der Waals surface area contributed by atoms with Gasteiger partial charge in [0.05, 0.1) is 10.8 Å². The number of hydrogen-bond acceptors (Lipinski definition) is 6. The highest BCUT2D eigenvalue weighted by molar-refractivity contribution is 7.91. The molecule has 2 saturated heterocycles. The van der Waals surface area contributed by atoms with Crippen molar-refractivity contribution >= 4 is 37.3 Å². The number of benzene rings is 1. The number of thiophene rings is 1. The summed E-state index contributed by atoms with van der Waals surface area (Å²) in [5.41, 5.74) is 0. The molecule has 0 radical (unpaired) electrons. The first-order chi connectivity index (χ1) is 14.8. The van der Waals surface area contributed by atoms with Crippen LogP contribution in [0.15, 0.2) is 56.9 Å². The molecule has 2 fully saturated rings. The van der Waals surface area contributed by atoms with Gasteiger partial charge in [-0.25, -0.2) is 16.8 Å². The Balaban J connectivity index is 1.39. The lowest BCUT2D eigenvalue weighted by Gasteiger charge is -2.38. The molecule has 0 spiro atoms. The minimum Gasteiger partial charge on any atom is -0.340 e. The summed E-state index contributed by atoms with van der Waals surface area (Å²) in [5.74, 6) is -0.497. The molecule has 0 unspecified atom stereocenters. The van der Waals surface area contributed by atoms with E-state index in [1.54, 1.807) is 52.7 Å². The monoisotopic (exact) mass is 483 g/mol. The van der Waals surface area contributed by atoms with Gasteiger partial charge >= 0.3 is 0 Å². The van der Waals surface area contributed by atoms with Crippen LogP contribution in [0.4, 0.5) is 0 Å². The highest BCUT2D eigenvalue weighted by Crippen LogP contribution is 2.28. The van der Waals surface area contributed by atoms with Crippen LogP contribution < -0.4 is 0 Å². The SMILES string of the molecule is O=C([C@H]1CCCN(S(=O)(=O)c2cccs2)C1)N1CCN(S(=O)(=O)c2ccccc2)CC1. The molecular formula is C20H25N3O5S3. The fourth-order valence-corrected chi connectivity index (χ4v) is 8.16. The predicted molar refractivity (Wildman–Crippen MR) is 118 cm³/mol. The van der Waals surface area contributed by atoms with Crippen LogP contribution in [0.3, 0.4) is 0 Å². The standard InChI is InChI=1S/C20H25N3O5S3/c24-20(17-6-4-10-23(16-17)31(27,28)19-9-5-15-29-19)21-11-13-22(14-12-21)30(25,26)18-7-2-1-3-8-18/h1-3,5,7-9,15,17H,4,6,10-14,16H2/t17-/m0/s1. The van der Waals surface area contributed by atoms with E-state index in [9.17, 15) is 21.6 Å². The highest BCUT2D eigenvalue weighted by atomic mass is 32.2. The second kappa shape index (κ2) is 8.99. The Labute approximate surface area is 187 Å². The van der Waals surface area contributed by atoms with Crippen molar-refractivity contribution in [3.63, 3.8) is 0 Å². The minimum absolute atomic E-state index is 0.0946. The van der Waals surface area contributed by atoms with Crippen LogP contribution in [0, 0.1) is 5.92 Å². The van der Waals surface area contributed by atoms with Gasteiger partial charge < -0.3 is 4.90 Å². The molecule has 3 heterocycles. The number of nitrogens with zero attached hydrogens (tertiary/aromatic N) is 3. The summed E-state index contributed by atoms with van der Waals surface area (Å²) in [6.07, 6.45) is 1.27. The Morgan fingerprint density at radius 3 is 2.19 bits per heavy atom. The summed E-state index contributed by atoms with van der Waals surface area (Å²) in [5, 5.41) is 1.72. The number of piperidine rings is 1. The maximum absolute atomic E-state index is 13.1. The van der Waals surface area contributed by atoms with Gasteiger partial charge in [0, 0.05) is 39.3 Å². The van der Waals surface area contributed by atoms with Crippen molar-refractivity contribution in [1.82, 2.24) is 13.5 Å². The maximum Gasteiger partial charge on any atom is 0.252 e. The molecule has 8 nitrogen and oxygen atoms in total. The van der Waals surface area contributed by atoms with E-state index >= 15 is 0 Å². The molecule has 2 aliphatic rings. The second-order valence-electron chi connectivity index (χ2n) is 7.68. The van der Waals surface area contributed by atoms with Gasteiger partial charge in [-0.05, 0) is 36.4 Å². The topological polar surface area (TPSA) is 95.1 Å². The molecule has 4 rings (SSSR count). The zero-order valence-electron chi connectivity index (χ0n) is 17.0. The molecular weight excluding hydrogens is 458 g/mol.